The first-order valence-electron chi connectivity index (χ1n) is 7.72. The molecule has 0 aliphatic carbocycles. The summed E-state index contributed by atoms with van der Waals surface area (Å²) in [7, 11) is 1.26. The van der Waals surface area contributed by atoms with E-state index in [-0.39, 0.29) is 22.9 Å². The van der Waals surface area contributed by atoms with Gasteiger partial charge in [-0.2, -0.15) is 13.2 Å². The summed E-state index contributed by atoms with van der Waals surface area (Å²) in [5.74, 6) is -2.95. The van der Waals surface area contributed by atoms with Crippen molar-refractivity contribution >= 4 is 17.5 Å². The number of amides is 2. The van der Waals surface area contributed by atoms with Gasteiger partial charge in [0.25, 0.3) is 0 Å². The topological polar surface area (TPSA) is 58.6 Å². The Hall–Kier alpha value is -3.03. The molecular formula is C18H17F3N2O3. The monoisotopic (exact) mass is 366 g/mol. The van der Waals surface area contributed by atoms with Crippen molar-refractivity contribution in [2.24, 2.45) is 0 Å². The van der Waals surface area contributed by atoms with Crippen LogP contribution in [0.3, 0.4) is 0 Å². The maximum Gasteiger partial charge on any atom is 0.473 e. The summed E-state index contributed by atoms with van der Waals surface area (Å²) >= 11 is 0. The van der Waals surface area contributed by atoms with Crippen LogP contribution in [0.4, 0.5) is 18.9 Å². The fraction of sp³-hybridized carbons (Fsp3) is 0.222. The van der Waals surface area contributed by atoms with Crippen LogP contribution in [0.25, 0.3) is 11.1 Å². The Labute approximate surface area is 148 Å². The zero-order valence-electron chi connectivity index (χ0n) is 14.1. The van der Waals surface area contributed by atoms with E-state index in [1.165, 1.54) is 26.2 Å². The van der Waals surface area contributed by atoms with Crippen molar-refractivity contribution < 1.29 is 27.5 Å². The predicted octanol–water partition coefficient (Wildman–Crippen LogP) is 3.70. The summed E-state index contributed by atoms with van der Waals surface area (Å²) in [5, 5.41) is 0.178. The van der Waals surface area contributed by atoms with Gasteiger partial charge in [0.2, 0.25) is 5.91 Å². The average Bonchev–Trinajstić information content (AvgIpc) is 2.64. The Morgan fingerprint density at radius 3 is 2.27 bits per heavy atom. The molecule has 8 heteroatoms. The largest absolute Gasteiger partial charge is 0.494 e. The summed E-state index contributed by atoms with van der Waals surface area (Å²) in [4.78, 5) is 23.5. The zero-order valence-corrected chi connectivity index (χ0v) is 14.1. The lowest BCUT2D eigenvalue weighted by Crippen LogP contribution is -2.51. The number of ether oxygens (including phenoxy) is 1. The van der Waals surface area contributed by atoms with Crippen molar-refractivity contribution in [1.29, 1.82) is 0 Å². The Morgan fingerprint density at radius 1 is 1.08 bits per heavy atom. The fourth-order valence-electron chi connectivity index (χ4n) is 2.23. The first kappa shape index (κ1) is 19.3. The number of anilines is 1. The predicted molar refractivity (Wildman–Crippen MR) is 90.4 cm³/mol. The highest BCUT2D eigenvalue weighted by Crippen LogP contribution is 2.34. The SMILES string of the molecule is CCC(=O)NN(C(=O)C(F)(F)F)c1cc(-c2ccccc2)ccc1OC. The summed E-state index contributed by atoms with van der Waals surface area (Å²) in [5.41, 5.74) is 3.07. The maximum atomic E-state index is 13.0. The lowest BCUT2D eigenvalue weighted by molar-refractivity contribution is -0.171. The number of alkyl halides is 3. The van der Waals surface area contributed by atoms with E-state index in [0.29, 0.717) is 5.56 Å². The van der Waals surface area contributed by atoms with E-state index in [9.17, 15) is 22.8 Å². The number of hydrazine groups is 1. The Bertz CT molecular complexity index is 792. The van der Waals surface area contributed by atoms with Crippen LogP contribution in [-0.2, 0) is 9.59 Å². The number of methoxy groups -OCH3 is 1. The molecule has 0 aliphatic rings. The first-order chi connectivity index (χ1) is 12.3. The Kier molecular flexibility index (Phi) is 5.86. The van der Waals surface area contributed by atoms with E-state index in [1.807, 2.05) is 5.43 Å². The summed E-state index contributed by atoms with van der Waals surface area (Å²) in [6.45, 7) is 1.46. The van der Waals surface area contributed by atoms with Crippen LogP contribution in [0, 0.1) is 0 Å². The van der Waals surface area contributed by atoms with Gasteiger partial charge in [0.05, 0.1) is 7.11 Å². The molecule has 2 amide bonds. The van der Waals surface area contributed by atoms with Gasteiger partial charge in [-0.3, -0.25) is 15.0 Å². The minimum Gasteiger partial charge on any atom is -0.494 e. The Balaban J connectivity index is 2.57. The molecule has 0 saturated carbocycles. The van der Waals surface area contributed by atoms with Crippen LogP contribution < -0.4 is 15.2 Å². The van der Waals surface area contributed by atoms with E-state index in [1.54, 1.807) is 36.4 Å². The quantitative estimate of drug-likeness (QED) is 0.840. The van der Waals surface area contributed by atoms with Gasteiger partial charge in [0, 0.05) is 6.42 Å². The molecule has 0 aromatic heterocycles. The van der Waals surface area contributed by atoms with Gasteiger partial charge in [-0.15, -0.1) is 0 Å². The van der Waals surface area contributed by atoms with Gasteiger partial charge in [-0.05, 0) is 23.3 Å². The van der Waals surface area contributed by atoms with Gasteiger partial charge in [0.1, 0.15) is 11.4 Å². The molecule has 0 heterocycles. The van der Waals surface area contributed by atoms with Crippen LogP contribution >= 0.6 is 0 Å². The smallest absolute Gasteiger partial charge is 0.473 e. The van der Waals surface area contributed by atoms with Gasteiger partial charge in [0.15, 0.2) is 0 Å². The summed E-state index contributed by atoms with van der Waals surface area (Å²) in [6.07, 6.45) is -5.27. The van der Waals surface area contributed by atoms with E-state index in [4.69, 9.17) is 4.74 Å². The molecule has 0 unspecified atom stereocenters. The zero-order chi connectivity index (χ0) is 19.3. The molecule has 2 rings (SSSR count). The number of hydrogen-bond acceptors (Lipinski definition) is 3. The molecule has 1 N–H and O–H groups in total. The second kappa shape index (κ2) is 7.90. The lowest BCUT2D eigenvalue weighted by atomic mass is 10.0. The molecule has 0 atom stereocenters. The van der Waals surface area contributed by atoms with E-state index in [0.717, 1.165) is 5.56 Å². The second-order valence-corrected chi connectivity index (χ2v) is 5.28. The molecule has 0 bridgehead atoms. The number of halogens is 3. The number of carbonyl (C=O) groups is 2. The highest BCUT2D eigenvalue weighted by molar-refractivity contribution is 6.01. The van der Waals surface area contributed by atoms with Crippen molar-refractivity contribution in [2.75, 3.05) is 12.1 Å². The van der Waals surface area contributed by atoms with Crippen molar-refractivity contribution in [3.05, 3.63) is 48.5 Å². The highest BCUT2D eigenvalue weighted by Gasteiger charge is 2.44. The standard InChI is InChI=1S/C18H17F3N2O3/c1-3-16(24)22-23(17(25)18(19,20)21)14-11-13(9-10-15(14)26-2)12-7-5-4-6-8-12/h4-11H,3H2,1-2H3,(H,22,24). The minimum absolute atomic E-state index is 0.0127. The molecular weight excluding hydrogens is 349 g/mol. The first-order valence-corrected chi connectivity index (χ1v) is 7.72. The number of carbonyl (C=O) groups excluding carboxylic acids is 2. The normalized spacial score (nSPS) is 11.0. The molecule has 0 aliphatic heterocycles. The number of nitrogens with one attached hydrogen (secondary N) is 1. The van der Waals surface area contributed by atoms with Crippen molar-refractivity contribution in [3.63, 3.8) is 0 Å². The van der Waals surface area contributed by atoms with Gasteiger partial charge < -0.3 is 4.74 Å². The fourth-order valence-corrected chi connectivity index (χ4v) is 2.23. The van der Waals surface area contributed by atoms with Crippen LogP contribution in [0.1, 0.15) is 13.3 Å². The van der Waals surface area contributed by atoms with Crippen molar-refractivity contribution in [2.45, 2.75) is 19.5 Å². The molecule has 0 radical (unpaired) electrons. The number of hydrogen-bond donors (Lipinski definition) is 1. The molecule has 138 valence electrons. The minimum atomic E-state index is -5.17. The van der Waals surface area contributed by atoms with E-state index < -0.39 is 18.0 Å². The lowest BCUT2D eigenvalue weighted by Gasteiger charge is -2.26. The van der Waals surface area contributed by atoms with Crippen molar-refractivity contribution in [1.82, 2.24) is 5.43 Å². The van der Waals surface area contributed by atoms with E-state index >= 15 is 0 Å². The van der Waals surface area contributed by atoms with Gasteiger partial charge in [-0.1, -0.05) is 43.3 Å². The van der Waals surface area contributed by atoms with Crippen molar-refractivity contribution in [3.8, 4) is 16.9 Å². The molecule has 5 nitrogen and oxygen atoms in total. The maximum absolute atomic E-state index is 13.0. The second-order valence-electron chi connectivity index (χ2n) is 5.28. The van der Waals surface area contributed by atoms with Gasteiger partial charge >= 0.3 is 12.1 Å². The van der Waals surface area contributed by atoms with Crippen LogP contribution in [0.15, 0.2) is 48.5 Å². The molecule has 26 heavy (non-hydrogen) atoms. The van der Waals surface area contributed by atoms with Gasteiger partial charge in [-0.25, -0.2) is 5.01 Å². The molecule has 0 spiro atoms. The van der Waals surface area contributed by atoms with E-state index in [2.05, 4.69) is 0 Å². The summed E-state index contributed by atoms with van der Waals surface area (Å²) in [6, 6.07) is 13.3. The highest BCUT2D eigenvalue weighted by atomic mass is 19.4. The number of rotatable bonds is 4. The molecule has 0 fully saturated rings. The molecule has 0 saturated heterocycles. The van der Waals surface area contributed by atoms with Crippen LogP contribution in [0.5, 0.6) is 5.75 Å². The number of nitrogens with zero attached hydrogens (tertiary/aromatic N) is 1. The third kappa shape index (κ3) is 4.33. The molecule has 2 aromatic rings. The average molecular weight is 366 g/mol. The Morgan fingerprint density at radius 2 is 1.73 bits per heavy atom. The third-order valence-electron chi connectivity index (χ3n) is 3.53. The summed E-state index contributed by atoms with van der Waals surface area (Å²) < 4.78 is 44.1. The van der Waals surface area contributed by atoms with Crippen LogP contribution in [-0.4, -0.2) is 25.1 Å². The van der Waals surface area contributed by atoms with Crippen LogP contribution in [0.2, 0.25) is 0 Å². The number of benzene rings is 2. The molecule has 2 aromatic carbocycles. The third-order valence-corrected chi connectivity index (χ3v) is 3.53.